The van der Waals surface area contributed by atoms with E-state index in [4.69, 9.17) is 10.8 Å². The van der Waals surface area contributed by atoms with Crippen LogP contribution in [0, 0.1) is 0 Å². The molecule has 2 rings (SSSR count). The van der Waals surface area contributed by atoms with Gasteiger partial charge in [-0.25, -0.2) is 4.79 Å². The largest absolute Gasteiger partial charge is 0.481 e. The van der Waals surface area contributed by atoms with E-state index >= 15 is 0 Å². The summed E-state index contributed by atoms with van der Waals surface area (Å²) >= 11 is 0. The standard InChI is InChI=1S/C13H15N3O3/c14-11(5-6-12(17)18)9-1-3-10(4-2-9)16-8-7-15-13(16)19/h1-4,7-8,11H,5-6,14H2,(H,15,19)(H,17,18). The fourth-order valence-electron chi connectivity index (χ4n) is 1.85. The predicted octanol–water partition coefficient (Wildman–Crippen LogP) is 1.03. The lowest BCUT2D eigenvalue weighted by atomic mass is 10.0. The van der Waals surface area contributed by atoms with Crippen LogP contribution in [0.4, 0.5) is 0 Å². The van der Waals surface area contributed by atoms with Gasteiger partial charge in [-0.15, -0.1) is 0 Å². The third kappa shape index (κ3) is 3.11. The van der Waals surface area contributed by atoms with Crippen molar-refractivity contribution in [2.24, 2.45) is 5.73 Å². The number of rotatable bonds is 5. The van der Waals surface area contributed by atoms with E-state index in [9.17, 15) is 9.59 Å². The van der Waals surface area contributed by atoms with Crippen LogP contribution in [0.15, 0.2) is 41.5 Å². The third-order valence-corrected chi connectivity index (χ3v) is 2.92. The molecular weight excluding hydrogens is 246 g/mol. The van der Waals surface area contributed by atoms with E-state index in [1.165, 1.54) is 4.57 Å². The number of H-pyrrole nitrogens is 1. The third-order valence-electron chi connectivity index (χ3n) is 2.92. The van der Waals surface area contributed by atoms with Crippen LogP contribution in [-0.4, -0.2) is 20.6 Å². The van der Waals surface area contributed by atoms with Gasteiger partial charge >= 0.3 is 11.7 Å². The molecule has 0 aliphatic rings. The van der Waals surface area contributed by atoms with Crippen molar-refractivity contribution in [1.29, 1.82) is 0 Å². The number of aromatic amines is 1. The fraction of sp³-hybridized carbons (Fsp3) is 0.231. The first kappa shape index (κ1) is 13.1. The highest BCUT2D eigenvalue weighted by atomic mass is 16.4. The molecule has 2 aromatic rings. The molecule has 0 radical (unpaired) electrons. The predicted molar refractivity (Wildman–Crippen MR) is 70.2 cm³/mol. The molecule has 1 unspecified atom stereocenters. The summed E-state index contributed by atoms with van der Waals surface area (Å²) < 4.78 is 1.48. The molecule has 1 aromatic heterocycles. The minimum absolute atomic E-state index is 0.0419. The number of nitrogens with zero attached hydrogens (tertiary/aromatic N) is 1. The molecular formula is C13H15N3O3. The number of carboxylic acid groups (broad SMARTS) is 1. The summed E-state index contributed by atoms with van der Waals surface area (Å²) in [5.74, 6) is -0.856. The highest BCUT2D eigenvalue weighted by Crippen LogP contribution is 2.17. The van der Waals surface area contributed by atoms with Crippen molar-refractivity contribution < 1.29 is 9.90 Å². The number of carboxylic acids is 1. The fourth-order valence-corrected chi connectivity index (χ4v) is 1.85. The van der Waals surface area contributed by atoms with Gasteiger partial charge in [0.15, 0.2) is 0 Å². The maximum atomic E-state index is 11.4. The number of nitrogens with one attached hydrogen (secondary N) is 1. The molecule has 100 valence electrons. The average Bonchev–Trinajstić information content (AvgIpc) is 2.82. The van der Waals surface area contributed by atoms with Crippen molar-refractivity contribution in [1.82, 2.24) is 9.55 Å². The van der Waals surface area contributed by atoms with E-state index in [-0.39, 0.29) is 18.2 Å². The molecule has 0 fully saturated rings. The number of hydrogen-bond acceptors (Lipinski definition) is 3. The van der Waals surface area contributed by atoms with Crippen LogP contribution in [0.5, 0.6) is 0 Å². The Kier molecular flexibility index (Phi) is 3.82. The van der Waals surface area contributed by atoms with Crippen LogP contribution in [0.3, 0.4) is 0 Å². The molecule has 1 atom stereocenters. The van der Waals surface area contributed by atoms with E-state index in [0.29, 0.717) is 6.42 Å². The second-order valence-electron chi connectivity index (χ2n) is 4.27. The molecule has 0 spiro atoms. The molecule has 6 nitrogen and oxygen atoms in total. The number of nitrogens with two attached hydrogens (primary N) is 1. The Bertz CT molecular complexity index is 613. The van der Waals surface area contributed by atoms with E-state index < -0.39 is 5.97 Å². The Morgan fingerprint density at radius 1 is 1.37 bits per heavy atom. The summed E-state index contributed by atoms with van der Waals surface area (Å²) in [7, 11) is 0. The Hall–Kier alpha value is -2.34. The molecule has 6 heteroatoms. The van der Waals surface area contributed by atoms with E-state index in [0.717, 1.165) is 11.3 Å². The van der Waals surface area contributed by atoms with Crippen molar-refractivity contribution in [2.75, 3.05) is 0 Å². The van der Waals surface area contributed by atoms with E-state index in [2.05, 4.69) is 4.98 Å². The molecule has 0 saturated carbocycles. The highest BCUT2D eigenvalue weighted by molar-refractivity contribution is 5.66. The van der Waals surface area contributed by atoms with Crippen LogP contribution in [-0.2, 0) is 4.79 Å². The zero-order valence-electron chi connectivity index (χ0n) is 10.2. The minimum Gasteiger partial charge on any atom is -0.481 e. The Morgan fingerprint density at radius 2 is 2.05 bits per heavy atom. The quantitative estimate of drug-likeness (QED) is 0.748. The van der Waals surface area contributed by atoms with Gasteiger partial charge in [-0.05, 0) is 24.1 Å². The van der Waals surface area contributed by atoms with E-state index in [1.807, 2.05) is 0 Å². The number of aromatic nitrogens is 2. The summed E-state index contributed by atoms with van der Waals surface area (Å²) in [5, 5.41) is 8.61. The maximum Gasteiger partial charge on any atom is 0.330 e. The molecule has 0 aliphatic carbocycles. The van der Waals surface area contributed by atoms with Gasteiger partial charge in [-0.3, -0.25) is 9.36 Å². The second kappa shape index (κ2) is 5.53. The molecule has 0 bridgehead atoms. The topological polar surface area (TPSA) is 101 Å². The molecule has 1 heterocycles. The normalized spacial score (nSPS) is 12.3. The maximum absolute atomic E-state index is 11.4. The summed E-state index contributed by atoms with van der Waals surface area (Å²) in [5.41, 5.74) is 7.29. The number of benzene rings is 1. The van der Waals surface area contributed by atoms with Gasteiger partial charge in [-0.1, -0.05) is 12.1 Å². The Labute approximate surface area is 109 Å². The van der Waals surface area contributed by atoms with Crippen molar-refractivity contribution in [2.45, 2.75) is 18.9 Å². The molecule has 0 aliphatic heterocycles. The van der Waals surface area contributed by atoms with Crippen molar-refractivity contribution >= 4 is 5.97 Å². The molecule has 0 amide bonds. The summed E-state index contributed by atoms with van der Waals surface area (Å²) in [6, 6.07) is 6.87. The van der Waals surface area contributed by atoms with Crippen LogP contribution in [0.25, 0.3) is 5.69 Å². The lowest BCUT2D eigenvalue weighted by Crippen LogP contribution is -2.15. The zero-order valence-corrected chi connectivity index (χ0v) is 10.2. The average molecular weight is 261 g/mol. The monoisotopic (exact) mass is 261 g/mol. The number of hydrogen-bond donors (Lipinski definition) is 3. The zero-order chi connectivity index (χ0) is 13.8. The lowest BCUT2D eigenvalue weighted by Gasteiger charge is -2.11. The number of aliphatic carboxylic acids is 1. The van der Waals surface area contributed by atoms with Gasteiger partial charge in [0.05, 0.1) is 5.69 Å². The number of carbonyl (C=O) groups is 1. The van der Waals surface area contributed by atoms with Crippen LogP contribution >= 0.6 is 0 Å². The lowest BCUT2D eigenvalue weighted by molar-refractivity contribution is -0.137. The molecule has 4 N–H and O–H groups in total. The van der Waals surface area contributed by atoms with Crippen molar-refractivity contribution in [3.63, 3.8) is 0 Å². The molecule has 19 heavy (non-hydrogen) atoms. The first-order valence-corrected chi connectivity index (χ1v) is 5.91. The highest BCUT2D eigenvalue weighted by Gasteiger charge is 2.09. The minimum atomic E-state index is -0.856. The first-order valence-electron chi connectivity index (χ1n) is 5.91. The van der Waals surface area contributed by atoms with Crippen LogP contribution in [0.2, 0.25) is 0 Å². The first-order chi connectivity index (χ1) is 9.08. The summed E-state index contributed by atoms with van der Waals surface area (Å²) in [6.07, 6.45) is 3.63. The van der Waals surface area contributed by atoms with E-state index in [1.54, 1.807) is 36.7 Å². The van der Waals surface area contributed by atoms with Gasteiger partial charge in [0.2, 0.25) is 0 Å². The van der Waals surface area contributed by atoms with Crippen molar-refractivity contribution in [3.05, 3.63) is 52.7 Å². The van der Waals surface area contributed by atoms with Gasteiger partial charge < -0.3 is 15.8 Å². The van der Waals surface area contributed by atoms with Gasteiger partial charge in [0, 0.05) is 24.9 Å². The summed E-state index contributed by atoms with van der Waals surface area (Å²) in [4.78, 5) is 24.5. The van der Waals surface area contributed by atoms with Gasteiger partial charge in [-0.2, -0.15) is 0 Å². The summed E-state index contributed by atoms with van der Waals surface area (Å²) in [6.45, 7) is 0. The van der Waals surface area contributed by atoms with Crippen LogP contribution < -0.4 is 11.4 Å². The number of imidazole rings is 1. The smallest absolute Gasteiger partial charge is 0.330 e. The Balaban J connectivity index is 2.12. The molecule has 0 saturated heterocycles. The van der Waals surface area contributed by atoms with Crippen LogP contribution in [0.1, 0.15) is 24.4 Å². The SMILES string of the molecule is NC(CCC(=O)O)c1ccc(-n2cc[nH]c2=O)cc1. The van der Waals surface area contributed by atoms with Gasteiger partial charge in [0.1, 0.15) is 0 Å². The van der Waals surface area contributed by atoms with Gasteiger partial charge in [0.25, 0.3) is 0 Å². The second-order valence-corrected chi connectivity index (χ2v) is 4.27. The molecule has 1 aromatic carbocycles. The Morgan fingerprint density at radius 3 is 2.58 bits per heavy atom. The van der Waals surface area contributed by atoms with Crippen molar-refractivity contribution in [3.8, 4) is 5.69 Å².